The lowest BCUT2D eigenvalue weighted by Gasteiger charge is -2.25. The Balaban J connectivity index is 1.85. The summed E-state index contributed by atoms with van der Waals surface area (Å²) in [5, 5.41) is 2.95. The van der Waals surface area contributed by atoms with Gasteiger partial charge in [0.2, 0.25) is 5.88 Å². The first kappa shape index (κ1) is 13.6. The molecule has 2 heterocycles. The lowest BCUT2D eigenvalue weighted by Crippen LogP contribution is -2.48. The van der Waals surface area contributed by atoms with E-state index < -0.39 is 0 Å². The Kier molecular flexibility index (Phi) is 3.87. The summed E-state index contributed by atoms with van der Waals surface area (Å²) in [4.78, 5) is 21.8. The second-order valence-corrected chi connectivity index (χ2v) is 5.70. The van der Waals surface area contributed by atoms with Crippen LogP contribution in [-0.4, -0.2) is 45.6 Å². The van der Waals surface area contributed by atoms with Crippen molar-refractivity contribution in [3.05, 3.63) is 18.6 Å². The van der Waals surface area contributed by atoms with Crippen LogP contribution in [0.5, 0.6) is 5.88 Å². The molecule has 1 aliphatic rings. The standard InChI is InChI=1S/C13H20N4O2/c1-13(2,3)16-12(18)17-7-4-10(9-17)19-11-8-14-5-6-15-11/h5-6,8,10H,4,7,9H2,1-3H3,(H,16,18). The highest BCUT2D eigenvalue weighted by Gasteiger charge is 2.29. The summed E-state index contributed by atoms with van der Waals surface area (Å²) in [6, 6.07) is -0.0438. The lowest BCUT2D eigenvalue weighted by atomic mass is 10.1. The van der Waals surface area contributed by atoms with Gasteiger partial charge in [-0.1, -0.05) is 0 Å². The smallest absolute Gasteiger partial charge is 0.317 e. The Bertz CT molecular complexity index is 430. The molecule has 0 radical (unpaired) electrons. The molecule has 19 heavy (non-hydrogen) atoms. The van der Waals surface area contributed by atoms with Crippen LogP contribution >= 0.6 is 0 Å². The minimum Gasteiger partial charge on any atom is -0.471 e. The molecule has 0 aliphatic carbocycles. The van der Waals surface area contributed by atoms with Gasteiger partial charge in [-0.05, 0) is 20.8 Å². The van der Waals surface area contributed by atoms with Gasteiger partial charge in [0.15, 0.2) is 0 Å². The second kappa shape index (κ2) is 5.42. The summed E-state index contributed by atoms with van der Waals surface area (Å²) in [5.41, 5.74) is -0.221. The normalized spacial score (nSPS) is 19.3. The number of hydrogen-bond acceptors (Lipinski definition) is 4. The van der Waals surface area contributed by atoms with Crippen molar-refractivity contribution in [3.63, 3.8) is 0 Å². The summed E-state index contributed by atoms with van der Waals surface area (Å²) in [5.74, 6) is 0.505. The number of ether oxygens (including phenoxy) is 1. The van der Waals surface area contributed by atoms with E-state index in [1.807, 2.05) is 20.8 Å². The maximum Gasteiger partial charge on any atom is 0.317 e. The fourth-order valence-corrected chi connectivity index (χ4v) is 1.93. The summed E-state index contributed by atoms with van der Waals surface area (Å²) >= 11 is 0. The zero-order valence-electron chi connectivity index (χ0n) is 11.6. The molecule has 1 fully saturated rings. The molecular weight excluding hydrogens is 244 g/mol. The zero-order valence-corrected chi connectivity index (χ0v) is 11.6. The topological polar surface area (TPSA) is 67.4 Å². The third kappa shape index (κ3) is 4.08. The van der Waals surface area contributed by atoms with Gasteiger partial charge in [0, 0.05) is 30.9 Å². The van der Waals surface area contributed by atoms with E-state index in [4.69, 9.17) is 4.74 Å². The van der Waals surface area contributed by atoms with Gasteiger partial charge in [0.25, 0.3) is 0 Å². The van der Waals surface area contributed by atoms with E-state index in [2.05, 4.69) is 15.3 Å². The van der Waals surface area contributed by atoms with E-state index in [0.29, 0.717) is 19.0 Å². The van der Waals surface area contributed by atoms with Crippen LogP contribution in [-0.2, 0) is 0 Å². The zero-order chi connectivity index (χ0) is 13.9. The van der Waals surface area contributed by atoms with Crippen LogP contribution in [0.3, 0.4) is 0 Å². The number of carbonyl (C=O) groups is 1. The van der Waals surface area contributed by atoms with Crippen LogP contribution in [0.15, 0.2) is 18.6 Å². The Labute approximate surface area is 113 Å². The van der Waals surface area contributed by atoms with E-state index in [-0.39, 0.29) is 17.7 Å². The number of aromatic nitrogens is 2. The molecule has 6 heteroatoms. The molecule has 1 aromatic rings. The van der Waals surface area contributed by atoms with Gasteiger partial charge < -0.3 is 15.0 Å². The van der Waals surface area contributed by atoms with E-state index in [1.165, 1.54) is 0 Å². The average Bonchev–Trinajstić information content (AvgIpc) is 2.77. The molecule has 1 aromatic heterocycles. The first-order chi connectivity index (χ1) is 8.94. The number of urea groups is 1. The van der Waals surface area contributed by atoms with Crippen molar-refractivity contribution in [2.75, 3.05) is 13.1 Å². The van der Waals surface area contributed by atoms with E-state index >= 15 is 0 Å². The van der Waals surface area contributed by atoms with Gasteiger partial charge in [-0.2, -0.15) is 0 Å². The molecule has 0 aromatic carbocycles. The number of likely N-dealkylation sites (tertiary alicyclic amines) is 1. The molecular formula is C13H20N4O2. The van der Waals surface area contributed by atoms with Crippen molar-refractivity contribution < 1.29 is 9.53 Å². The Morgan fingerprint density at radius 1 is 1.47 bits per heavy atom. The molecule has 1 aliphatic heterocycles. The Hall–Kier alpha value is -1.85. The van der Waals surface area contributed by atoms with Crippen molar-refractivity contribution in [3.8, 4) is 5.88 Å². The van der Waals surface area contributed by atoms with Crippen LogP contribution in [0.25, 0.3) is 0 Å². The van der Waals surface area contributed by atoms with Crippen LogP contribution in [0.2, 0.25) is 0 Å². The van der Waals surface area contributed by atoms with Crippen LogP contribution in [0.4, 0.5) is 4.79 Å². The summed E-state index contributed by atoms with van der Waals surface area (Å²) in [6.07, 6.45) is 5.58. The maximum atomic E-state index is 12.0. The summed E-state index contributed by atoms with van der Waals surface area (Å²) in [7, 11) is 0. The quantitative estimate of drug-likeness (QED) is 0.877. The van der Waals surface area contributed by atoms with E-state index in [1.54, 1.807) is 23.5 Å². The summed E-state index contributed by atoms with van der Waals surface area (Å²) < 4.78 is 5.69. The largest absolute Gasteiger partial charge is 0.471 e. The number of nitrogens with one attached hydrogen (secondary N) is 1. The number of carbonyl (C=O) groups excluding carboxylic acids is 1. The first-order valence-corrected chi connectivity index (χ1v) is 6.44. The molecule has 1 N–H and O–H groups in total. The van der Waals surface area contributed by atoms with Crippen molar-refractivity contribution >= 4 is 6.03 Å². The van der Waals surface area contributed by atoms with Gasteiger partial charge >= 0.3 is 6.03 Å². The number of nitrogens with zero attached hydrogens (tertiary/aromatic N) is 3. The highest BCUT2D eigenvalue weighted by atomic mass is 16.5. The molecule has 2 rings (SSSR count). The van der Waals surface area contributed by atoms with Crippen molar-refractivity contribution in [2.45, 2.75) is 38.8 Å². The minimum absolute atomic E-state index is 0.0116. The third-order valence-corrected chi connectivity index (χ3v) is 2.74. The number of rotatable bonds is 2. The van der Waals surface area contributed by atoms with Gasteiger partial charge in [0.1, 0.15) is 6.10 Å². The maximum absolute atomic E-state index is 12.0. The number of hydrogen-bond donors (Lipinski definition) is 1. The van der Waals surface area contributed by atoms with Gasteiger partial charge in [-0.25, -0.2) is 9.78 Å². The number of amides is 2. The molecule has 0 spiro atoms. The van der Waals surface area contributed by atoms with Gasteiger partial charge in [-0.3, -0.25) is 4.98 Å². The van der Waals surface area contributed by atoms with Gasteiger partial charge in [-0.15, -0.1) is 0 Å². The van der Waals surface area contributed by atoms with Gasteiger partial charge in [0.05, 0.1) is 12.7 Å². The predicted molar refractivity (Wildman–Crippen MR) is 70.9 cm³/mol. The Morgan fingerprint density at radius 2 is 2.26 bits per heavy atom. The monoisotopic (exact) mass is 264 g/mol. The highest BCUT2D eigenvalue weighted by molar-refractivity contribution is 5.75. The fraction of sp³-hybridized carbons (Fsp3) is 0.615. The fourth-order valence-electron chi connectivity index (χ4n) is 1.93. The van der Waals surface area contributed by atoms with Crippen LogP contribution in [0, 0.1) is 0 Å². The van der Waals surface area contributed by atoms with Crippen molar-refractivity contribution in [2.24, 2.45) is 0 Å². The summed E-state index contributed by atoms with van der Waals surface area (Å²) in [6.45, 7) is 7.18. The molecule has 2 amide bonds. The SMILES string of the molecule is CC(C)(C)NC(=O)N1CCC(Oc2cnccn2)C1. The Morgan fingerprint density at radius 3 is 2.89 bits per heavy atom. The predicted octanol–water partition coefficient (Wildman–Crippen LogP) is 1.44. The van der Waals surface area contributed by atoms with E-state index in [0.717, 1.165) is 6.42 Å². The third-order valence-electron chi connectivity index (χ3n) is 2.74. The molecule has 0 saturated carbocycles. The van der Waals surface area contributed by atoms with Crippen LogP contribution < -0.4 is 10.1 Å². The van der Waals surface area contributed by atoms with Crippen LogP contribution in [0.1, 0.15) is 27.2 Å². The second-order valence-electron chi connectivity index (χ2n) is 5.70. The highest BCUT2D eigenvalue weighted by Crippen LogP contribution is 2.16. The van der Waals surface area contributed by atoms with Crippen molar-refractivity contribution in [1.82, 2.24) is 20.2 Å². The lowest BCUT2D eigenvalue weighted by molar-refractivity contribution is 0.177. The van der Waals surface area contributed by atoms with Crippen molar-refractivity contribution in [1.29, 1.82) is 0 Å². The molecule has 1 saturated heterocycles. The average molecular weight is 264 g/mol. The molecule has 0 bridgehead atoms. The van der Waals surface area contributed by atoms with E-state index in [9.17, 15) is 4.79 Å². The molecule has 6 nitrogen and oxygen atoms in total. The molecule has 104 valence electrons. The first-order valence-electron chi connectivity index (χ1n) is 6.44. The molecule has 1 unspecified atom stereocenters. The molecule has 1 atom stereocenters. The minimum atomic E-state index is -0.221.